The highest BCUT2D eigenvalue weighted by molar-refractivity contribution is 7.89. The lowest BCUT2D eigenvalue weighted by atomic mass is 10.2. The first-order chi connectivity index (χ1) is 11.3. The lowest BCUT2D eigenvalue weighted by Crippen LogP contribution is -2.40. The van der Waals surface area contributed by atoms with Crippen LogP contribution in [-0.4, -0.2) is 63.6 Å². The number of guanidine groups is 1. The van der Waals surface area contributed by atoms with E-state index in [-0.39, 0.29) is 5.75 Å². The van der Waals surface area contributed by atoms with E-state index < -0.39 is 10.0 Å². The van der Waals surface area contributed by atoms with E-state index in [4.69, 9.17) is 11.6 Å². The molecule has 136 valence electrons. The Balaban J connectivity index is 2.43. The van der Waals surface area contributed by atoms with Gasteiger partial charge in [-0.3, -0.25) is 4.99 Å². The van der Waals surface area contributed by atoms with Crippen LogP contribution in [0.25, 0.3) is 0 Å². The van der Waals surface area contributed by atoms with Gasteiger partial charge in [0.25, 0.3) is 0 Å². The van der Waals surface area contributed by atoms with Crippen LogP contribution in [-0.2, 0) is 16.6 Å². The molecule has 8 heteroatoms. The van der Waals surface area contributed by atoms with Crippen molar-refractivity contribution in [3.05, 3.63) is 34.9 Å². The van der Waals surface area contributed by atoms with Gasteiger partial charge in [0, 0.05) is 45.8 Å². The van der Waals surface area contributed by atoms with Gasteiger partial charge >= 0.3 is 0 Å². The van der Waals surface area contributed by atoms with Crippen molar-refractivity contribution in [2.75, 3.05) is 40.0 Å². The summed E-state index contributed by atoms with van der Waals surface area (Å²) in [5.74, 6) is 0.897. The van der Waals surface area contributed by atoms with Crippen LogP contribution >= 0.6 is 11.6 Å². The minimum absolute atomic E-state index is 0.127. The first-order valence-electron chi connectivity index (χ1n) is 7.90. The Labute approximate surface area is 150 Å². The summed E-state index contributed by atoms with van der Waals surface area (Å²) in [5, 5.41) is 3.97. The average molecular weight is 375 g/mol. The molecule has 0 fully saturated rings. The van der Waals surface area contributed by atoms with Crippen LogP contribution in [0.3, 0.4) is 0 Å². The third-order valence-electron chi connectivity index (χ3n) is 3.68. The standard InChI is InChI=1S/C16H27ClN4O2S/c1-5-24(22,23)21(4)12-6-11-19-16(18-2)20(3)13-14-7-9-15(17)10-8-14/h7-10H,5-6,11-13H2,1-4H3,(H,18,19). The maximum Gasteiger partial charge on any atom is 0.213 e. The summed E-state index contributed by atoms with van der Waals surface area (Å²) in [6.07, 6.45) is 0.712. The molecule has 6 nitrogen and oxygen atoms in total. The molecule has 1 rings (SSSR count). The molecule has 0 heterocycles. The predicted molar refractivity (Wildman–Crippen MR) is 101 cm³/mol. The zero-order chi connectivity index (χ0) is 18.2. The minimum Gasteiger partial charge on any atom is -0.356 e. The molecule has 24 heavy (non-hydrogen) atoms. The van der Waals surface area contributed by atoms with Gasteiger partial charge in [-0.05, 0) is 31.0 Å². The first-order valence-corrected chi connectivity index (χ1v) is 9.89. The van der Waals surface area contributed by atoms with Crippen molar-refractivity contribution >= 4 is 27.6 Å². The summed E-state index contributed by atoms with van der Waals surface area (Å²) >= 11 is 5.89. The molecule has 0 atom stereocenters. The molecule has 1 aromatic rings. The van der Waals surface area contributed by atoms with E-state index in [1.54, 1.807) is 21.0 Å². The fourth-order valence-electron chi connectivity index (χ4n) is 2.18. The zero-order valence-electron chi connectivity index (χ0n) is 14.8. The fourth-order valence-corrected chi connectivity index (χ4v) is 3.16. The number of nitrogens with one attached hydrogen (secondary N) is 1. The van der Waals surface area contributed by atoms with E-state index in [2.05, 4.69) is 10.3 Å². The Morgan fingerprint density at radius 1 is 1.25 bits per heavy atom. The molecular formula is C16H27ClN4O2S. The molecule has 1 aromatic carbocycles. The van der Waals surface area contributed by atoms with Crippen LogP contribution in [0.2, 0.25) is 5.02 Å². The van der Waals surface area contributed by atoms with E-state index in [0.29, 0.717) is 26.1 Å². The van der Waals surface area contributed by atoms with Crippen molar-refractivity contribution in [2.24, 2.45) is 4.99 Å². The maximum atomic E-state index is 11.7. The Kier molecular flexibility index (Phi) is 8.52. The smallest absolute Gasteiger partial charge is 0.213 e. The number of hydrogen-bond acceptors (Lipinski definition) is 3. The molecule has 0 aliphatic heterocycles. The minimum atomic E-state index is -3.11. The van der Waals surface area contributed by atoms with Gasteiger partial charge in [0.05, 0.1) is 5.75 Å². The molecule has 0 bridgehead atoms. The molecular weight excluding hydrogens is 348 g/mol. The summed E-state index contributed by atoms with van der Waals surface area (Å²) in [6, 6.07) is 7.70. The van der Waals surface area contributed by atoms with E-state index in [1.165, 1.54) is 4.31 Å². The third kappa shape index (κ3) is 6.67. The molecule has 1 N–H and O–H groups in total. The topological polar surface area (TPSA) is 65.0 Å². The summed E-state index contributed by atoms with van der Waals surface area (Å²) in [4.78, 5) is 6.27. The maximum absolute atomic E-state index is 11.7. The van der Waals surface area contributed by atoms with Crippen molar-refractivity contribution in [1.29, 1.82) is 0 Å². The van der Waals surface area contributed by atoms with Crippen LogP contribution in [0.5, 0.6) is 0 Å². The molecule has 0 aliphatic rings. The normalized spacial score (nSPS) is 12.5. The molecule has 0 amide bonds. The lowest BCUT2D eigenvalue weighted by molar-refractivity contribution is 0.450. The van der Waals surface area contributed by atoms with Gasteiger partial charge in [0.1, 0.15) is 0 Å². The van der Waals surface area contributed by atoms with Gasteiger partial charge in [-0.1, -0.05) is 23.7 Å². The molecule has 0 saturated heterocycles. The van der Waals surface area contributed by atoms with E-state index in [1.807, 2.05) is 36.2 Å². The SMILES string of the molecule is CCS(=O)(=O)N(C)CCCNC(=NC)N(C)Cc1ccc(Cl)cc1. The fraction of sp³-hybridized carbons (Fsp3) is 0.562. The highest BCUT2D eigenvalue weighted by Gasteiger charge is 2.14. The van der Waals surface area contributed by atoms with Gasteiger partial charge in [-0.2, -0.15) is 0 Å². The average Bonchev–Trinajstić information content (AvgIpc) is 2.56. The van der Waals surface area contributed by atoms with Crippen LogP contribution in [0.1, 0.15) is 18.9 Å². The second-order valence-corrected chi connectivity index (χ2v) is 8.33. The van der Waals surface area contributed by atoms with Gasteiger partial charge in [-0.25, -0.2) is 12.7 Å². The Morgan fingerprint density at radius 2 is 1.88 bits per heavy atom. The summed E-state index contributed by atoms with van der Waals surface area (Å²) in [7, 11) is 2.19. The third-order valence-corrected chi connectivity index (χ3v) is 5.79. The van der Waals surface area contributed by atoms with Crippen molar-refractivity contribution < 1.29 is 8.42 Å². The summed E-state index contributed by atoms with van der Waals surface area (Å²) < 4.78 is 24.8. The number of rotatable bonds is 8. The van der Waals surface area contributed by atoms with Gasteiger partial charge < -0.3 is 10.2 Å². The summed E-state index contributed by atoms with van der Waals surface area (Å²) in [5.41, 5.74) is 1.14. The Bertz CT molecular complexity index is 632. The van der Waals surface area contributed by atoms with E-state index >= 15 is 0 Å². The highest BCUT2D eigenvalue weighted by atomic mass is 35.5. The van der Waals surface area contributed by atoms with Crippen LogP contribution in [0.15, 0.2) is 29.3 Å². The largest absolute Gasteiger partial charge is 0.356 e. The number of nitrogens with zero attached hydrogens (tertiary/aromatic N) is 3. The first kappa shape index (κ1) is 20.7. The molecule has 0 spiro atoms. The molecule has 0 aliphatic carbocycles. The van der Waals surface area contributed by atoms with Crippen molar-refractivity contribution in [3.8, 4) is 0 Å². The van der Waals surface area contributed by atoms with Crippen molar-refractivity contribution in [1.82, 2.24) is 14.5 Å². The quantitative estimate of drug-likeness (QED) is 0.429. The molecule has 0 unspecified atom stereocenters. The number of benzene rings is 1. The van der Waals surface area contributed by atoms with Gasteiger partial charge in [0.2, 0.25) is 10.0 Å². The Morgan fingerprint density at radius 3 is 2.42 bits per heavy atom. The molecule has 0 radical (unpaired) electrons. The number of aliphatic imine (C=N–C) groups is 1. The zero-order valence-corrected chi connectivity index (χ0v) is 16.4. The monoisotopic (exact) mass is 374 g/mol. The van der Waals surface area contributed by atoms with Crippen LogP contribution in [0, 0.1) is 0 Å². The van der Waals surface area contributed by atoms with Crippen LogP contribution in [0.4, 0.5) is 0 Å². The Hall–Kier alpha value is -1.31. The number of halogens is 1. The van der Waals surface area contributed by atoms with Gasteiger partial charge in [-0.15, -0.1) is 0 Å². The van der Waals surface area contributed by atoms with Crippen LogP contribution < -0.4 is 5.32 Å². The lowest BCUT2D eigenvalue weighted by Gasteiger charge is -2.23. The number of sulfonamides is 1. The molecule has 0 aromatic heterocycles. The van der Waals surface area contributed by atoms with Crippen molar-refractivity contribution in [3.63, 3.8) is 0 Å². The van der Waals surface area contributed by atoms with E-state index in [0.717, 1.165) is 16.5 Å². The number of hydrogen-bond donors (Lipinski definition) is 1. The predicted octanol–water partition coefficient (Wildman–Crippen LogP) is 2.02. The second-order valence-electron chi connectivity index (χ2n) is 5.53. The van der Waals surface area contributed by atoms with Gasteiger partial charge in [0.15, 0.2) is 5.96 Å². The van der Waals surface area contributed by atoms with E-state index in [9.17, 15) is 8.42 Å². The highest BCUT2D eigenvalue weighted by Crippen LogP contribution is 2.11. The summed E-state index contributed by atoms with van der Waals surface area (Å²) in [6.45, 7) is 3.50. The second kappa shape index (κ2) is 9.86. The molecule has 0 saturated carbocycles. The van der Waals surface area contributed by atoms with Crippen molar-refractivity contribution in [2.45, 2.75) is 19.9 Å².